The fourth-order valence-corrected chi connectivity index (χ4v) is 5.23. The molecule has 1 saturated carbocycles. The summed E-state index contributed by atoms with van der Waals surface area (Å²) in [5.41, 5.74) is 0.404. The van der Waals surface area contributed by atoms with E-state index >= 15 is 0 Å². The van der Waals surface area contributed by atoms with E-state index in [2.05, 4.69) is 40.4 Å². The van der Waals surface area contributed by atoms with Crippen LogP contribution in [0.4, 0.5) is 0 Å². The third-order valence-corrected chi connectivity index (χ3v) is 6.86. The third-order valence-electron chi connectivity index (χ3n) is 6.86. The average molecular weight is 277 g/mol. The summed E-state index contributed by atoms with van der Waals surface area (Å²) in [6, 6.07) is 1.48. The van der Waals surface area contributed by atoms with Crippen LogP contribution >= 0.6 is 0 Å². The highest BCUT2D eigenvalue weighted by Crippen LogP contribution is 2.55. The minimum Gasteiger partial charge on any atom is -0.377 e. The second kappa shape index (κ2) is 5.02. The van der Waals surface area contributed by atoms with Gasteiger partial charge >= 0.3 is 0 Å². The number of piperidine rings is 1. The molecule has 3 rings (SSSR count). The Bertz CT molecular complexity index is 366. The lowest BCUT2D eigenvalue weighted by Crippen LogP contribution is -2.71. The van der Waals surface area contributed by atoms with Crippen molar-refractivity contribution >= 4 is 7.85 Å². The first-order chi connectivity index (χ1) is 9.38. The summed E-state index contributed by atoms with van der Waals surface area (Å²) in [6.07, 6.45) is 7.04. The topological polar surface area (TPSA) is 12.5 Å². The normalized spacial score (nSPS) is 40.9. The molecule has 3 atom stereocenters. The molecule has 0 N–H and O–H groups in total. The van der Waals surface area contributed by atoms with Crippen molar-refractivity contribution in [2.45, 2.75) is 82.7 Å². The number of fused-ring (bicyclic) bond motifs is 1. The van der Waals surface area contributed by atoms with E-state index in [1.54, 1.807) is 0 Å². The molecule has 3 unspecified atom stereocenters. The number of rotatable bonds is 2. The summed E-state index contributed by atoms with van der Waals surface area (Å²) in [5, 5.41) is 0.574. The Morgan fingerprint density at radius 1 is 1.10 bits per heavy atom. The zero-order chi connectivity index (χ0) is 14.5. The molecule has 0 radical (unpaired) electrons. The van der Waals surface area contributed by atoms with Crippen LogP contribution in [0.15, 0.2) is 0 Å². The molecular formula is C17H32BNO. The van der Waals surface area contributed by atoms with E-state index in [9.17, 15) is 0 Å². The van der Waals surface area contributed by atoms with Gasteiger partial charge in [0.2, 0.25) is 0 Å². The summed E-state index contributed by atoms with van der Waals surface area (Å²) in [4.78, 5) is 2.87. The van der Waals surface area contributed by atoms with E-state index < -0.39 is 0 Å². The molecule has 1 spiro atoms. The highest BCUT2D eigenvalue weighted by molar-refractivity contribution is 6.15. The SMILES string of the molecule is BC1(C(C)C)CCC2C(CCC3(COC3)N2C(C)C)C1. The van der Waals surface area contributed by atoms with Crippen molar-refractivity contribution < 1.29 is 4.74 Å². The van der Waals surface area contributed by atoms with Gasteiger partial charge in [-0.25, -0.2) is 0 Å². The second-order valence-corrected chi connectivity index (χ2v) is 8.64. The van der Waals surface area contributed by atoms with Gasteiger partial charge in [-0.2, -0.15) is 0 Å². The van der Waals surface area contributed by atoms with Crippen molar-refractivity contribution in [3.05, 3.63) is 0 Å². The van der Waals surface area contributed by atoms with Crippen LogP contribution < -0.4 is 0 Å². The fraction of sp³-hybridized carbons (Fsp3) is 1.00. The Labute approximate surface area is 126 Å². The van der Waals surface area contributed by atoms with E-state index in [0.717, 1.165) is 31.1 Å². The van der Waals surface area contributed by atoms with Gasteiger partial charge in [-0.3, -0.25) is 4.90 Å². The van der Waals surface area contributed by atoms with Crippen molar-refractivity contribution in [3.63, 3.8) is 0 Å². The van der Waals surface area contributed by atoms with Crippen LogP contribution in [-0.4, -0.2) is 43.6 Å². The molecule has 2 nitrogen and oxygen atoms in total. The predicted octanol–water partition coefficient (Wildman–Crippen LogP) is 2.88. The zero-order valence-corrected chi connectivity index (χ0v) is 14.1. The first-order valence-corrected chi connectivity index (χ1v) is 8.74. The van der Waals surface area contributed by atoms with Crippen molar-refractivity contribution in [1.82, 2.24) is 4.90 Å². The van der Waals surface area contributed by atoms with Gasteiger partial charge in [0.25, 0.3) is 0 Å². The first-order valence-electron chi connectivity index (χ1n) is 8.74. The van der Waals surface area contributed by atoms with Crippen LogP contribution in [0.2, 0.25) is 5.31 Å². The highest BCUT2D eigenvalue weighted by Gasteiger charge is 2.54. The molecule has 0 amide bonds. The van der Waals surface area contributed by atoms with Gasteiger partial charge in [0.1, 0.15) is 7.85 Å². The lowest BCUT2D eigenvalue weighted by atomic mass is 9.50. The van der Waals surface area contributed by atoms with Gasteiger partial charge in [-0.1, -0.05) is 32.0 Å². The van der Waals surface area contributed by atoms with Crippen LogP contribution in [0.1, 0.15) is 59.8 Å². The molecule has 2 aliphatic heterocycles. The number of likely N-dealkylation sites (tertiary alicyclic amines) is 1. The molecule has 3 fully saturated rings. The quantitative estimate of drug-likeness (QED) is 0.720. The van der Waals surface area contributed by atoms with Crippen LogP contribution in [0, 0.1) is 11.8 Å². The molecule has 20 heavy (non-hydrogen) atoms. The lowest BCUT2D eigenvalue weighted by Gasteiger charge is -2.62. The van der Waals surface area contributed by atoms with Gasteiger partial charge in [0.15, 0.2) is 0 Å². The molecule has 0 aromatic rings. The van der Waals surface area contributed by atoms with E-state index in [0.29, 0.717) is 16.9 Å². The molecule has 3 heteroatoms. The van der Waals surface area contributed by atoms with E-state index in [-0.39, 0.29) is 0 Å². The van der Waals surface area contributed by atoms with Crippen molar-refractivity contribution in [1.29, 1.82) is 0 Å². The summed E-state index contributed by atoms with van der Waals surface area (Å²) < 4.78 is 5.61. The van der Waals surface area contributed by atoms with Crippen LogP contribution in [0.25, 0.3) is 0 Å². The Kier molecular flexibility index (Phi) is 3.74. The molecule has 0 bridgehead atoms. The largest absolute Gasteiger partial charge is 0.377 e. The maximum atomic E-state index is 5.61. The molecule has 0 aromatic carbocycles. The molecule has 114 valence electrons. The Balaban J connectivity index is 1.80. The maximum Gasteiger partial charge on any atom is 0.109 e. The Morgan fingerprint density at radius 3 is 2.30 bits per heavy atom. The molecule has 1 aliphatic carbocycles. The molecule has 2 heterocycles. The summed E-state index contributed by atoms with van der Waals surface area (Å²) >= 11 is 0. The van der Waals surface area contributed by atoms with Crippen molar-refractivity contribution in [2.75, 3.05) is 13.2 Å². The molecular weight excluding hydrogens is 245 g/mol. The average Bonchev–Trinajstić information content (AvgIpc) is 2.34. The zero-order valence-electron chi connectivity index (χ0n) is 14.1. The minimum atomic E-state index is 0.404. The van der Waals surface area contributed by atoms with Gasteiger partial charge < -0.3 is 4.74 Å². The fourth-order valence-electron chi connectivity index (χ4n) is 5.23. The summed E-state index contributed by atoms with van der Waals surface area (Å²) in [5.74, 6) is 1.74. The molecule has 2 saturated heterocycles. The summed E-state index contributed by atoms with van der Waals surface area (Å²) in [7, 11) is 2.53. The van der Waals surface area contributed by atoms with E-state index in [4.69, 9.17) is 4.74 Å². The first kappa shape index (κ1) is 14.9. The lowest BCUT2D eigenvalue weighted by molar-refractivity contribution is -0.200. The number of ether oxygens (including phenoxy) is 1. The van der Waals surface area contributed by atoms with E-state index in [1.807, 2.05) is 0 Å². The number of hydrogen-bond acceptors (Lipinski definition) is 2. The molecule has 0 aromatic heterocycles. The Morgan fingerprint density at radius 2 is 1.80 bits per heavy atom. The highest BCUT2D eigenvalue weighted by atomic mass is 16.5. The third kappa shape index (κ3) is 2.16. The van der Waals surface area contributed by atoms with Crippen molar-refractivity contribution in [3.8, 4) is 0 Å². The van der Waals surface area contributed by atoms with Gasteiger partial charge in [-0.05, 0) is 44.9 Å². The maximum absolute atomic E-state index is 5.61. The predicted molar refractivity (Wildman–Crippen MR) is 87.0 cm³/mol. The van der Waals surface area contributed by atoms with E-state index in [1.165, 1.54) is 32.1 Å². The second-order valence-electron chi connectivity index (χ2n) is 8.64. The van der Waals surface area contributed by atoms with Gasteiger partial charge in [-0.15, -0.1) is 0 Å². The van der Waals surface area contributed by atoms with Gasteiger partial charge in [0, 0.05) is 12.1 Å². The van der Waals surface area contributed by atoms with Crippen LogP contribution in [0.5, 0.6) is 0 Å². The van der Waals surface area contributed by atoms with Gasteiger partial charge in [0.05, 0.1) is 18.8 Å². The number of nitrogens with zero attached hydrogens (tertiary/aromatic N) is 1. The minimum absolute atomic E-state index is 0.404. The summed E-state index contributed by atoms with van der Waals surface area (Å²) in [6.45, 7) is 11.6. The molecule has 3 aliphatic rings. The van der Waals surface area contributed by atoms with Crippen molar-refractivity contribution in [2.24, 2.45) is 11.8 Å². The number of hydrogen-bond donors (Lipinski definition) is 0. The van der Waals surface area contributed by atoms with Crippen LogP contribution in [-0.2, 0) is 4.74 Å². The Hall–Kier alpha value is -0.0151. The standard InChI is InChI=1S/C17H32BNO/c1-12(2)17(18)8-6-15-14(9-17)5-7-16(10-20-11-16)19(15)13(3)4/h12-15H,5-11,18H2,1-4H3. The van der Waals surface area contributed by atoms with Crippen LogP contribution in [0.3, 0.4) is 0 Å². The monoisotopic (exact) mass is 277 g/mol. The smallest absolute Gasteiger partial charge is 0.109 e.